The van der Waals surface area contributed by atoms with Gasteiger partial charge < -0.3 is 10.6 Å². The van der Waals surface area contributed by atoms with E-state index in [-0.39, 0.29) is 40.2 Å². The summed E-state index contributed by atoms with van der Waals surface area (Å²) in [5, 5.41) is 9.32. The quantitative estimate of drug-likeness (QED) is 0.428. The number of amides is 1. The largest absolute Gasteiger partial charge is 0.435 e. The van der Waals surface area contributed by atoms with Crippen LogP contribution in [0, 0.1) is 12.3 Å². The number of halogens is 4. The fourth-order valence-corrected chi connectivity index (χ4v) is 3.51. The number of imidazole rings is 1. The minimum atomic E-state index is -4.68. The van der Waals surface area contributed by atoms with Crippen LogP contribution in [0.2, 0.25) is 5.02 Å². The van der Waals surface area contributed by atoms with Crippen LogP contribution in [0.5, 0.6) is 0 Å². The van der Waals surface area contributed by atoms with Crippen LogP contribution < -0.4 is 10.6 Å². The van der Waals surface area contributed by atoms with E-state index in [4.69, 9.17) is 18.0 Å². The number of hydrogen-bond acceptors (Lipinski definition) is 5. The molecular formula is C21H15ClF3N7O. The average Bonchev–Trinajstić information content (AvgIpc) is 3.38. The molecule has 0 unspecified atom stereocenters. The van der Waals surface area contributed by atoms with Crippen molar-refractivity contribution in [2.24, 2.45) is 0 Å². The number of anilines is 2. The van der Waals surface area contributed by atoms with Crippen molar-refractivity contribution in [2.45, 2.75) is 12.7 Å². The molecule has 3 aromatic heterocycles. The summed E-state index contributed by atoms with van der Waals surface area (Å²) in [6.07, 6.45) is 5.98. The number of terminal acetylenes is 1. The molecule has 0 fully saturated rings. The van der Waals surface area contributed by atoms with Gasteiger partial charge in [0.2, 0.25) is 0 Å². The first kappa shape index (κ1) is 22.2. The number of nitrogens with one attached hydrogen (secondary N) is 2. The SMILES string of the molecule is C#CCn1cc(-c2cnc3c(Nc4ccc(C(=O)NC)c(Cl)c4)nccn23)c(C(F)(F)F)n1. The number of aromatic nitrogens is 5. The Hall–Kier alpha value is -4.04. The van der Waals surface area contributed by atoms with Crippen molar-refractivity contribution in [1.29, 1.82) is 0 Å². The summed E-state index contributed by atoms with van der Waals surface area (Å²) in [5.41, 5.74) is 0.0111. The van der Waals surface area contributed by atoms with Gasteiger partial charge in [-0.3, -0.25) is 13.9 Å². The topological polar surface area (TPSA) is 89.1 Å². The molecule has 4 aromatic rings. The molecule has 8 nitrogen and oxygen atoms in total. The van der Waals surface area contributed by atoms with Gasteiger partial charge in [-0.2, -0.15) is 18.3 Å². The Morgan fingerprint density at radius 1 is 1.30 bits per heavy atom. The lowest BCUT2D eigenvalue weighted by molar-refractivity contribution is -0.141. The number of alkyl halides is 3. The maximum absolute atomic E-state index is 13.6. The zero-order valence-electron chi connectivity index (χ0n) is 17.0. The summed E-state index contributed by atoms with van der Waals surface area (Å²) < 4.78 is 43.3. The summed E-state index contributed by atoms with van der Waals surface area (Å²) in [6, 6.07) is 4.69. The molecule has 1 aromatic carbocycles. The minimum absolute atomic E-state index is 0.110. The Bertz CT molecular complexity index is 1400. The predicted molar refractivity (Wildman–Crippen MR) is 116 cm³/mol. The third-order valence-corrected chi connectivity index (χ3v) is 5.00. The maximum atomic E-state index is 13.6. The predicted octanol–water partition coefficient (Wildman–Crippen LogP) is 4.00. The molecule has 33 heavy (non-hydrogen) atoms. The third kappa shape index (κ3) is 4.20. The molecule has 0 aliphatic heterocycles. The highest BCUT2D eigenvalue weighted by atomic mass is 35.5. The van der Waals surface area contributed by atoms with E-state index in [0.717, 1.165) is 4.68 Å². The highest BCUT2D eigenvalue weighted by molar-refractivity contribution is 6.34. The number of benzene rings is 1. The Labute approximate surface area is 190 Å². The van der Waals surface area contributed by atoms with Gasteiger partial charge in [0.15, 0.2) is 17.2 Å². The summed E-state index contributed by atoms with van der Waals surface area (Å²) >= 11 is 6.19. The first-order valence-electron chi connectivity index (χ1n) is 9.42. The lowest BCUT2D eigenvalue weighted by Gasteiger charge is -2.10. The van der Waals surface area contributed by atoms with Gasteiger partial charge in [-0.25, -0.2) is 9.97 Å². The molecule has 0 atom stereocenters. The lowest BCUT2D eigenvalue weighted by atomic mass is 10.2. The Morgan fingerprint density at radius 3 is 2.76 bits per heavy atom. The van der Waals surface area contributed by atoms with Gasteiger partial charge in [-0.1, -0.05) is 17.5 Å². The molecule has 3 heterocycles. The molecule has 0 bridgehead atoms. The second kappa shape index (κ2) is 8.48. The first-order chi connectivity index (χ1) is 15.7. The Balaban J connectivity index is 1.75. The summed E-state index contributed by atoms with van der Waals surface area (Å²) in [4.78, 5) is 20.3. The molecule has 4 rings (SSSR count). The molecular weight excluding hydrogens is 459 g/mol. The van der Waals surface area contributed by atoms with Gasteiger partial charge in [0.25, 0.3) is 5.91 Å². The fraction of sp³-hybridized carbons (Fsp3) is 0.143. The van der Waals surface area contributed by atoms with Gasteiger partial charge in [0.1, 0.15) is 6.54 Å². The van der Waals surface area contributed by atoms with Crippen molar-refractivity contribution >= 4 is 34.7 Å². The van der Waals surface area contributed by atoms with Crippen LogP contribution in [0.4, 0.5) is 24.7 Å². The molecule has 0 saturated carbocycles. The molecule has 168 valence electrons. The third-order valence-electron chi connectivity index (χ3n) is 4.69. The first-order valence-corrected chi connectivity index (χ1v) is 9.80. The van der Waals surface area contributed by atoms with Crippen LogP contribution in [-0.2, 0) is 12.7 Å². The number of carbonyl (C=O) groups is 1. The zero-order chi connectivity index (χ0) is 23.8. The van der Waals surface area contributed by atoms with Crippen LogP contribution in [0.25, 0.3) is 16.9 Å². The van der Waals surface area contributed by atoms with E-state index < -0.39 is 11.9 Å². The normalized spacial score (nSPS) is 11.4. The highest BCUT2D eigenvalue weighted by Gasteiger charge is 2.38. The minimum Gasteiger partial charge on any atom is -0.355 e. The van der Waals surface area contributed by atoms with E-state index in [2.05, 4.69) is 31.6 Å². The number of hydrogen-bond donors (Lipinski definition) is 2. The van der Waals surface area contributed by atoms with Crippen LogP contribution in [0.1, 0.15) is 16.1 Å². The van der Waals surface area contributed by atoms with E-state index in [1.807, 2.05) is 0 Å². The van der Waals surface area contributed by atoms with E-state index in [1.165, 1.54) is 48.4 Å². The maximum Gasteiger partial charge on any atom is 0.435 e. The number of fused-ring (bicyclic) bond motifs is 1. The lowest BCUT2D eigenvalue weighted by Crippen LogP contribution is -2.18. The second-order valence-electron chi connectivity index (χ2n) is 6.80. The Kier molecular flexibility index (Phi) is 5.69. The average molecular weight is 474 g/mol. The second-order valence-corrected chi connectivity index (χ2v) is 7.21. The van der Waals surface area contributed by atoms with Crippen molar-refractivity contribution in [2.75, 3.05) is 12.4 Å². The Morgan fingerprint density at radius 2 is 2.09 bits per heavy atom. The highest BCUT2D eigenvalue weighted by Crippen LogP contribution is 2.37. The molecule has 0 aliphatic carbocycles. The molecule has 2 N–H and O–H groups in total. The van der Waals surface area contributed by atoms with Crippen LogP contribution >= 0.6 is 11.6 Å². The zero-order valence-corrected chi connectivity index (χ0v) is 17.7. The molecule has 0 radical (unpaired) electrons. The molecule has 1 amide bonds. The van der Waals surface area contributed by atoms with Crippen molar-refractivity contribution in [3.63, 3.8) is 0 Å². The van der Waals surface area contributed by atoms with E-state index in [1.54, 1.807) is 6.07 Å². The van der Waals surface area contributed by atoms with E-state index in [0.29, 0.717) is 11.3 Å². The summed E-state index contributed by atoms with van der Waals surface area (Å²) in [5.74, 6) is 2.21. The molecule has 0 aliphatic rings. The van der Waals surface area contributed by atoms with E-state index in [9.17, 15) is 18.0 Å². The van der Waals surface area contributed by atoms with Gasteiger partial charge in [-0.15, -0.1) is 6.42 Å². The monoisotopic (exact) mass is 473 g/mol. The molecule has 0 spiro atoms. The smallest absolute Gasteiger partial charge is 0.355 e. The number of rotatable bonds is 5. The van der Waals surface area contributed by atoms with Gasteiger partial charge in [0, 0.05) is 31.3 Å². The standard InChI is InChI=1S/C21H15ClF3N7O/c1-3-7-31-11-14(17(30-31)21(23,24)25)16-10-28-19-18(27-6-8-32(16)19)29-12-4-5-13(15(22)9-12)20(33)26-2/h1,4-6,8-11H,7H2,2H3,(H,26,33)(H,27,29). The van der Waals surface area contributed by atoms with Crippen LogP contribution in [0.15, 0.2) is 43.0 Å². The molecule has 12 heteroatoms. The van der Waals surface area contributed by atoms with Crippen molar-refractivity contribution < 1.29 is 18.0 Å². The summed E-state index contributed by atoms with van der Waals surface area (Å²) in [7, 11) is 1.49. The summed E-state index contributed by atoms with van der Waals surface area (Å²) in [6.45, 7) is -0.110. The van der Waals surface area contributed by atoms with Crippen molar-refractivity contribution in [3.05, 3.63) is 59.3 Å². The van der Waals surface area contributed by atoms with Gasteiger partial charge in [-0.05, 0) is 18.2 Å². The van der Waals surface area contributed by atoms with Crippen LogP contribution in [0.3, 0.4) is 0 Å². The van der Waals surface area contributed by atoms with E-state index >= 15 is 0 Å². The van der Waals surface area contributed by atoms with Gasteiger partial charge in [0.05, 0.1) is 28.0 Å². The fourth-order valence-electron chi connectivity index (χ4n) is 3.25. The number of nitrogens with zero attached hydrogens (tertiary/aromatic N) is 5. The van der Waals surface area contributed by atoms with Crippen LogP contribution in [-0.4, -0.2) is 37.1 Å². The van der Waals surface area contributed by atoms with Crippen molar-refractivity contribution in [3.8, 4) is 23.6 Å². The van der Waals surface area contributed by atoms with Gasteiger partial charge >= 0.3 is 6.18 Å². The molecule has 0 saturated heterocycles. The van der Waals surface area contributed by atoms with Crippen molar-refractivity contribution in [1.82, 2.24) is 29.5 Å². The number of carbonyl (C=O) groups excluding carboxylic acids is 1.